The summed E-state index contributed by atoms with van der Waals surface area (Å²) in [5.74, 6) is -0.0290. The molecular formula is C25H35N3O2. The molecule has 1 aliphatic rings. The lowest BCUT2D eigenvalue weighted by atomic mass is 9.87. The lowest BCUT2D eigenvalue weighted by Gasteiger charge is -2.35. The van der Waals surface area contributed by atoms with Gasteiger partial charge in [-0.2, -0.15) is 0 Å². The quantitative estimate of drug-likeness (QED) is 0.787. The van der Waals surface area contributed by atoms with E-state index in [4.69, 9.17) is 4.74 Å². The maximum atomic E-state index is 12.8. The summed E-state index contributed by atoms with van der Waals surface area (Å²) in [5, 5.41) is 3.16. The maximum absolute atomic E-state index is 12.8. The molecule has 1 heterocycles. The predicted octanol–water partition coefficient (Wildman–Crippen LogP) is 3.85. The first-order valence-electron chi connectivity index (χ1n) is 10.7. The van der Waals surface area contributed by atoms with Gasteiger partial charge in [0.15, 0.2) is 0 Å². The van der Waals surface area contributed by atoms with Crippen LogP contribution in [0.5, 0.6) is 0 Å². The first-order valence-corrected chi connectivity index (χ1v) is 10.7. The number of rotatable bonds is 6. The van der Waals surface area contributed by atoms with Gasteiger partial charge in [-0.25, -0.2) is 0 Å². The van der Waals surface area contributed by atoms with Gasteiger partial charge in [-0.1, -0.05) is 45.0 Å². The van der Waals surface area contributed by atoms with Gasteiger partial charge in [0.2, 0.25) is 0 Å². The highest BCUT2D eigenvalue weighted by Crippen LogP contribution is 2.25. The minimum Gasteiger partial charge on any atom is -0.379 e. The second-order valence-electron chi connectivity index (χ2n) is 9.19. The number of nitrogens with one attached hydrogen (secondary N) is 1. The number of anilines is 1. The van der Waals surface area contributed by atoms with Crippen LogP contribution < -0.4 is 10.2 Å². The zero-order valence-electron chi connectivity index (χ0n) is 18.9. The Hall–Kier alpha value is -2.37. The molecule has 2 aromatic rings. The molecule has 1 saturated heterocycles. The van der Waals surface area contributed by atoms with Crippen LogP contribution in [0.15, 0.2) is 48.5 Å². The van der Waals surface area contributed by atoms with E-state index in [1.165, 1.54) is 16.8 Å². The summed E-state index contributed by atoms with van der Waals surface area (Å²) < 4.78 is 5.53. The molecule has 5 heteroatoms. The van der Waals surface area contributed by atoms with Gasteiger partial charge >= 0.3 is 0 Å². The van der Waals surface area contributed by atoms with Crippen LogP contribution in [0.25, 0.3) is 0 Å². The lowest BCUT2D eigenvalue weighted by Crippen LogP contribution is -2.43. The maximum Gasteiger partial charge on any atom is 0.251 e. The Morgan fingerprint density at radius 1 is 1.03 bits per heavy atom. The molecule has 1 fully saturated rings. The van der Waals surface area contributed by atoms with Crippen molar-refractivity contribution in [2.24, 2.45) is 0 Å². The van der Waals surface area contributed by atoms with E-state index in [2.05, 4.69) is 60.2 Å². The lowest BCUT2D eigenvalue weighted by molar-refractivity contribution is 0.0162. The molecule has 3 rings (SSSR count). The van der Waals surface area contributed by atoms with Crippen LogP contribution in [0.4, 0.5) is 5.69 Å². The van der Waals surface area contributed by atoms with Crippen LogP contribution in [0.1, 0.15) is 48.3 Å². The number of carbonyl (C=O) groups excluding carboxylic acids is 1. The van der Waals surface area contributed by atoms with Gasteiger partial charge in [-0.3, -0.25) is 9.69 Å². The summed E-state index contributed by atoms with van der Waals surface area (Å²) in [6.07, 6.45) is 0. The Balaban J connectivity index is 1.72. The van der Waals surface area contributed by atoms with E-state index in [9.17, 15) is 4.79 Å². The molecule has 0 saturated carbocycles. The van der Waals surface area contributed by atoms with E-state index in [0.717, 1.165) is 26.3 Å². The molecular weight excluding hydrogens is 374 g/mol. The first-order chi connectivity index (χ1) is 14.3. The summed E-state index contributed by atoms with van der Waals surface area (Å²) in [5.41, 5.74) is 4.39. The molecule has 0 unspecified atom stereocenters. The zero-order chi connectivity index (χ0) is 21.7. The van der Waals surface area contributed by atoms with Crippen LogP contribution in [-0.4, -0.2) is 57.8 Å². The number of ether oxygens (including phenoxy) is 1. The van der Waals surface area contributed by atoms with Gasteiger partial charge in [0.05, 0.1) is 19.3 Å². The van der Waals surface area contributed by atoms with Gasteiger partial charge in [0.25, 0.3) is 5.91 Å². The molecule has 2 aromatic carbocycles. The van der Waals surface area contributed by atoms with Crippen molar-refractivity contribution in [2.75, 3.05) is 51.8 Å². The molecule has 1 amide bonds. The smallest absolute Gasteiger partial charge is 0.251 e. The monoisotopic (exact) mass is 409 g/mol. The van der Waals surface area contributed by atoms with Crippen molar-refractivity contribution in [3.63, 3.8) is 0 Å². The molecule has 30 heavy (non-hydrogen) atoms. The van der Waals surface area contributed by atoms with E-state index >= 15 is 0 Å². The third-order valence-corrected chi connectivity index (χ3v) is 5.75. The molecule has 0 aliphatic carbocycles. The number of benzene rings is 2. The highest BCUT2D eigenvalue weighted by atomic mass is 16.5. The van der Waals surface area contributed by atoms with Crippen molar-refractivity contribution in [1.82, 2.24) is 10.2 Å². The number of hydrogen-bond donors (Lipinski definition) is 1. The van der Waals surface area contributed by atoms with Crippen LogP contribution in [0.3, 0.4) is 0 Å². The van der Waals surface area contributed by atoms with Crippen molar-refractivity contribution < 1.29 is 9.53 Å². The standard InChI is InChI=1S/C25H35N3O2/c1-25(2,3)21-10-6-20(7-11-21)24(29)26-18-23(28-14-16-30-17-15-28)19-8-12-22(13-9-19)27(4)5/h6-13,23H,14-18H2,1-5H3,(H,26,29)/t23-/m1/s1. The molecule has 0 spiro atoms. The number of hydrogen-bond acceptors (Lipinski definition) is 4. The van der Waals surface area contributed by atoms with Crippen LogP contribution in [-0.2, 0) is 10.2 Å². The van der Waals surface area contributed by atoms with Gasteiger partial charge < -0.3 is 15.0 Å². The van der Waals surface area contributed by atoms with E-state index in [0.29, 0.717) is 12.1 Å². The molecule has 0 radical (unpaired) electrons. The van der Waals surface area contributed by atoms with Gasteiger partial charge in [-0.05, 0) is 40.8 Å². The number of amides is 1. The molecule has 0 bridgehead atoms. The Kier molecular flexibility index (Phi) is 7.16. The minimum atomic E-state index is -0.0290. The van der Waals surface area contributed by atoms with E-state index in [-0.39, 0.29) is 17.4 Å². The Labute approximate surface area is 181 Å². The Bertz CT molecular complexity index is 817. The second-order valence-corrected chi connectivity index (χ2v) is 9.19. The van der Waals surface area contributed by atoms with Crippen LogP contribution in [0.2, 0.25) is 0 Å². The number of carbonyl (C=O) groups is 1. The second kappa shape index (κ2) is 9.63. The molecule has 1 atom stereocenters. The zero-order valence-corrected chi connectivity index (χ0v) is 18.9. The topological polar surface area (TPSA) is 44.8 Å². The third-order valence-electron chi connectivity index (χ3n) is 5.75. The SMILES string of the molecule is CN(C)c1ccc([C@@H](CNC(=O)c2ccc(C(C)(C)C)cc2)N2CCOCC2)cc1. The number of morpholine rings is 1. The average molecular weight is 410 g/mol. The minimum absolute atomic E-state index is 0.0290. The average Bonchev–Trinajstić information content (AvgIpc) is 2.74. The van der Waals surface area contributed by atoms with E-state index in [1.807, 2.05) is 38.4 Å². The third kappa shape index (κ3) is 5.61. The molecule has 1 aliphatic heterocycles. The highest BCUT2D eigenvalue weighted by molar-refractivity contribution is 5.94. The summed E-state index contributed by atoms with van der Waals surface area (Å²) in [6, 6.07) is 16.7. The summed E-state index contributed by atoms with van der Waals surface area (Å²) in [6.45, 7) is 10.3. The van der Waals surface area contributed by atoms with E-state index in [1.54, 1.807) is 0 Å². The van der Waals surface area contributed by atoms with Crippen molar-refractivity contribution >= 4 is 11.6 Å². The molecule has 162 valence electrons. The van der Waals surface area contributed by atoms with Crippen molar-refractivity contribution in [2.45, 2.75) is 32.2 Å². The van der Waals surface area contributed by atoms with Crippen LogP contribution in [0, 0.1) is 0 Å². The molecule has 0 aromatic heterocycles. The van der Waals surface area contributed by atoms with Gasteiger partial charge in [0.1, 0.15) is 0 Å². The summed E-state index contributed by atoms with van der Waals surface area (Å²) in [4.78, 5) is 17.3. The first kappa shape index (κ1) is 22.3. The highest BCUT2D eigenvalue weighted by Gasteiger charge is 2.23. The summed E-state index contributed by atoms with van der Waals surface area (Å²) in [7, 11) is 4.08. The Morgan fingerprint density at radius 3 is 2.17 bits per heavy atom. The van der Waals surface area contributed by atoms with Crippen molar-refractivity contribution in [3.05, 3.63) is 65.2 Å². The van der Waals surface area contributed by atoms with Crippen molar-refractivity contribution in [3.8, 4) is 0 Å². The van der Waals surface area contributed by atoms with Crippen molar-refractivity contribution in [1.29, 1.82) is 0 Å². The Morgan fingerprint density at radius 2 is 1.63 bits per heavy atom. The fourth-order valence-electron chi connectivity index (χ4n) is 3.75. The van der Waals surface area contributed by atoms with E-state index < -0.39 is 0 Å². The predicted molar refractivity (Wildman–Crippen MR) is 123 cm³/mol. The normalized spacial score (nSPS) is 16.2. The molecule has 1 N–H and O–H groups in total. The van der Waals surface area contributed by atoms with Gasteiger partial charge in [0, 0.05) is 45.0 Å². The van der Waals surface area contributed by atoms with Gasteiger partial charge in [-0.15, -0.1) is 0 Å². The number of nitrogens with zero attached hydrogens (tertiary/aromatic N) is 2. The molecule has 5 nitrogen and oxygen atoms in total. The summed E-state index contributed by atoms with van der Waals surface area (Å²) >= 11 is 0. The fourth-order valence-corrected chi connectivity index (χ4v) is 3.75. The fraction of sp³-hybridized carbons (Fsp3) is 0.480. The largest absolute Gasteiger partial charge is 0.379 e. The van der Waals surface area contributed by atoms with Crippen LogP contribution >= 0.6 is 0 Å².